The number of nitrogens with one attached hydrogen (secondary N) is 2. The molecule has 3 aromatic carbocycles. The van der Waals surface area contributed by atoms with E-state index in [1.165, 1.54) is 17.0 Å². The van der Waals surface area contributed by atoms with E-state index >= 15 is 0 Å². The minimum absolute atomic E-state index is 0.0144. The topological polar surface area (TPSA) is 116 Å². The third kappa shape index (κ3) is 6.49. The molecule has 0 bridgehead atoms. The van der Waals surface area contributed by atoms with Crippen molar-refractivity contribution in [3.8, 4) is 5.75 Å². The number of anilines is 4. The van der Waals surface area contributed by atoms with Crippen LogP contribution in [0, 0.1) is 6.92 Å². The largest absolute Gasteiger partial charge is 0.506 e. The highest BCUT2D eigenvalue weighted by Gasteiger charge is 2.31. The molecule has 0 fully saturated rings. The van der Waals surface area contributed by atoms with Crippen LogP contribution in [0.25, 0.3) is 10.9 Å². The normalized spacial score (nSPS) is 12.3. The molecule has 1 aromatic heterocycles. The standard InChI is InChI=1S/C28H29F3N6O2/c1-15(18-11-19(28(29,30)31)13-20(32)12-18)33-27-22-14-21(6-8-23(22)34-16(2)35-27)36-24-7-5-17(9-25(24)38)10-26(39)37(3)4/h5-9,11-15,36,38H,10,32H2,1-4H3,(H,33,34,35)/t15-/m1/s1. The minimum Gasteiger partial charge on any atom is -0.506 e. The van der Waals surface area contributed by atoms with Crippen molar-refractivity contribution in [1.29, 1.82) is 0 Å². The molecule has 0 aliphatic carbocycles. The van der Waals surface area contributed by atoms with Crippen molar-refractivity contribution in [3.05, 3.63) is 77.1 Å². The number of fused-ring (bicyclic) bond motifs is 1. The highest BCUT2D eigenvalue weighted by atomic mass is 19.4. The second-order valence-electron chi connectivity index (χ2n) is 9.54. The van der Waals surface area contributed by atoms with Crippen LogP contribution in [-0.4, -0.2) is 40.0 Å². The summed E-state index contributed by atoms with van der Waals surface area (Å²) in [5.41, 5.74) is 7.68. The molecule has 0 saturated heterocycles. The number of nitrogens with zero attached hydrogens (tertiary/aromatic N) is 3. The first kappa shape index (κ1) is 27.5. The monoisotopic (exact) mass is 538 g/mol. The van der Waals surface area contributed by atoms with Crippen LogP contribution in [0.3, 0.4) is 0 Å². The van der Waals surface area contributed by atoms with Gasteiger partial charge in [-0.3, -0.25) is 4.79 Å². The Hall–Kier alpha value is -4.54. The lowest BCUT2D eigenvalue weighted by molar-refractivity contribution is -0.137. The molecule has 1 atom stereocenters. The Balaban J connectivity index is 1.62. The molecule has 5 N–H and O–H groups in total. The Morgan fingerprint density at radius 3 is 2.49 bits per heavy atom. The van der Waals surface area contributed by atoms with E-state index in [-0.39, 0.29) is 23.8 Å². The molecule has 4 rings (SSSR count). The molecule has 4 aromatic rings. The molecule has 0 aliphatic rings. The van der Waals surface area contributed by atoms with E-state index in [1.54, 1.807) is 58.3 Å². The van der Waals surface area contributed by atoms with Gasteiger partial charge in [0.25, 0.3) is 0 Å². The average Bonchev–Trinajstić information content (AvgIpc) is 2.85. The van der Waals surface area contributed by atoms with Gasteiger partial charge in [-0.1, -0.05) is 6.07 Å². The molecule has 1 amide bonds. The number of carbonyl (C=O) groups excluding carboxylic acids is 1. The number of aromatic nitrogens is 2. The zero-order chi connectivity index (χ0) is 28.5. The number of carbonyl (C=O) groups is 1. The maximum absolute atomic E-state index is 13.3. The van der Waals surface area contributed by atoms with Gasteiger partial charge in [0.2, 0.25) is 5.91 Å². The van der Waals surface area contributed by atoms with Gasteiger partial charge in [0, 0.05) is 30.9 Å². The number of halogens is 3. The summed E-state index contributed by atoms with van der Waals surface area (Å²) < 4.78 is 40.0. The van der Waals surface area contributed by atoms with Crippen molar-refractivity contribution >= 4 is 39.7 Å². The van der Waals surface area contributed by atoms with Gasteiger partial charge >= 0.3 is 6.18 Å². The number of hydrogen-bond donors (Lipinski definition) is 4. The van der Waals surface area contributed by atoms with Gasteiger partial charge in [0.05, 0.1) is 29.2 Å². The predicted molar refractivity (Wildman–Crippen MR) is 146 cm³/mol. The lowest BCUT2D eigenvalue weighted by Gasteiger charge is -2.19. The fraction of sp³-hybridized carbons (Fsp3) is 0.250. The summed E-state index contributed by atoms with van der Waals surface area (Å²) in [4.78, 5) is 22.4. The number of aryl methyl sites for hydroxylation is 1. The van der Waals surface area contributed by atoms with Gasteiger partial charge in [0.15, 0.2) is 0 Å². The van der Waals surface area contributed by atoms with Gasteiger partial charge in [-0.15, -0.1) is 0 Å². The van der Waals surface area contributed by atoms with Crippen molar-refractivity contribution in [2.75, 3.05) is 30.5 Å². The summed E-state index contributed by atoms with van der Waals surface area (Å²) in [6.07, 6.45) is -4.35. The lowest BCUT2D eigenvalue weighted by Crippen LogP contribution is -2.23. The van der Waals surface area contributed by atoms with E-state index in [1.807, 2.05) is 0 Å². The molecule has 0 aliphatic heterocycles. The fourth-order valence-corrected chi connectivity index (χ4v) is 4.09. The van der Waals surface area contributed by atoms with E-state index in [2.05, 4.69) is 20.6 Å². The Labute approximate surface area is 223 Å². The molecular formula is C28H29F3N6O2. The SMILES string of the molecule is Cc1nc(N[C@H](C)c2cc(N)cc(C(F)(F)F)c2)c2cc(Nc3ccc(CC(=O)N(C)C)cc3O)ccc2n1. The number of likely N-dealkylation sites (N-methyl/N-ethyl adjacent to an activating group) is 1. The smallest absolute Gasteiger partial charge is 0.416 e. The van der Waals surface area contributed by atoms with Crippen LogP contribution < -0.4 is 16.4 Å². The summed E-state index contributed by atoms with van der Waals surface area (Å²) in [6, 6.07) is 13.2. The maximum atomic E-state index is 13.3. The molecule has 8 nitrogen and oxygen atoms in total. The van der Waals surface area contributed by atoms with Crippen LogP contribution >= 0.6 is 0 Å². The summed E-state index contributed by atoms with van der Waals surface area (Å²) in [5, 5.41) is 17.5. The second kappa shape index (κ2) is 10.7. The van der Waals surface area contributed by atoms with Crippen LogP contribution in [0.1, 0.15) is 35.5 Å². The van der Waals surface area contributed by atoms with Gasteiger partial charge in [-0.25, -0.2) is 9.97 Å². The number of nitrogens with two attached hydrogens (primary N) is 1. The summed E-state index contributed by atoms with van der Waals surface area (Å²) in [6.45, 7) is 3.45. The second-order valence-corrected chi connectivity index (χ2v) is 9.54. The number of phenols is 1. The van der Waals surface area contributed by atoms with Gasteiger partial charge in [0.1, 0.15) is 17.4 Å². The Morgan fingerprint density at radius 2 is 1.82 bits per heavy atom. The summed E-state index contributed by atoms with van der Waals surface area (Å²) in [7, 11) is 3.34. The number of nitrogen functional groups attached to an aromatic ring is 1. The third-order valence-corrected chi connectivity index (χ3v) is 6.16. The third-order valence-electron chi connectivity index (χ3n) is 6.16. The zero-order valence-electron chi connectivity index (χ0n) is 21.9. The molecule has 0 spiro atoms. The molecule has 0 radical (unpaired) electrons. The van der Waals surface area contributed by atoms with Crippen LogP contribution in [0.15, 0.2) is 54.6 Å². The molecule has 11 heteroatoms. The van der Waals surface area contributed by atoms with Gasteiger partial charge in [-0.2, -0.15) is 13.2 Å². The van der Waals surface area contributed by atoms with Crippen LogP contribution in [0.2, 0.25) is 0 Å². The quantitative estimate of drug-likeness (QED) is 0.174. The number of benzene rings is 3. The zero-order valence-corrected chi connectivity index (χ0v) is 21.9. The van der Waals surface area contributed by atoms with Crippen molar-refractivity contribution < 1.29 is 23.1 Å². The molecule has 1 heterocycles. The lowest BCUT2D eigenvalue weighted by atomic mass is 10.0. The van der Waals surface area contributed by atoms with Crippen molar-refractivity contribution in [3.63, 3.8) is 0 Å². The van der Waals surface area contributed by atoms with Crippen molar-refractivity contribution in [2.45, 2.75) is 32.5 Å². The molecule has 39 heavy (non-hydrogen) atoms. The first-order chi connectivity index (χ1) is 18.3. The Bertz CT molecular complexity index is 1540. The van der Waals surface area contributed by atoms with Crippen LogP contribution in [-0.2, 0) is 17.4 Å². The predicted octanol–water partition coefficient (Wildman–Crippen LogP) is 5.79. The fourth-order valence-electron chi connectivity index (χ4n) is 4.09. The highest BCUT2D eigenvalue weighted by Crippen LogP contribution is 2.35. The van der Waals surface area contributed by atoms with Crippen LogP contribution in [0.5, 0.6) is 5.75 Å². The van der Waals surface area contributed by atoms with Gasteiger partial charge < -0.3 is 26.4 Å². The van der Waals surface area contributed by atoms with Crippen molar-refractivity contribution in [1.82, 2.24) is 14.9 Å². The summed E-state index contributed by atoms with van der Waals surface area (Å²) >= 11 is 0. The van der Waals surface area contributed by atoms with E-state index in [0.717, 1.165) is 12.1 Å². The maximum Gasteiger partial charge on any atom is 0.416 e. The number of aromatic hydroxyl groups is 1. The van der Waals surface area contributed by atoms with E-state index in [9.17, 15) is 23.1 Å². The first-order valence-corrected chi connectivity index (χ1v) is 12.1. The van der Waals surface area contributed by atoms with E-state index in [0.29, 0.717) is 45.0 Å². The van der Waals surface area contributed by atoms with E-state index in [4.69, 9.17) is 5.73 Å². The number of alkyl halides is 3. The average molecular weight is 539 g/mol. The number of hydrogen-bond acceptors (Lipinski definition) is 7. The van der Waals surface area contributed by atoms with Gasteiger partial charge in [-0.05, 0) is 73.5 Å². The van der Waals surface area contributed by atoms with E-state index < -0.39 is 17.8 Å². The van der Waals surface area contributed by atoms with Crippen LogP contribution in [0.4, 0.5) is 36.1 Å². The number of rotatable bonds is 7. The Kier molecular flexibility index (Phi) is 7.53. The number of amides is 1. The first-order valence-electron chi connectivity index (χ1n) is 12.1. The Morgan fingerprint density at radius 1 is 1.08 bits per heavy atom. The molecule has 0 unspecified atom stereocenters. The van der Waals surface area contributed by atoms with Crippen molar-refractivity contribution in [2.24, 2.45) is 0 Å². The molecule has 0 saturated carbocycles. The highest BCUT2D eigenvalue weighted by molar-refractivity contribution is 5.92. The molecule has 204 valence electrons. The minimum atomic E-state index is -4.52. The molecular weight excluding hydrogens is 509 g/mol. The summed E-state index contributed by atoms with van der Waals surface area (Å²) in [5.74, 6) is 0.823. The number of phenolic OH excluding ortho intramolecular Hbond substituents is 1.